The molecule has 0 aromatic heterocycles. The molecule has 15 heavy (non-hydrogen) atoms. The van der Waals surface area contributed by atoms with E-state index >= 15 is 0 Å². The van der Waals surface area contributed by atoms with Crippen molar-refractivity contribution in [2.75, 3.05) is 0 Å². The van der Waals surface area contributed by atoms with Crippen molar-refractivity contribution in [1.82, 2.24) is 0 Å². The Kier molecular flexibility index (Phi) is 3.88. The highest BCUT2D eigenvalue weighted by Crippen LogP contribution is 2.46. The molecule has 0 bridgehead atoms. The highest BCUT2D eigenvalue weighted by atomic mass is 14.4. The van der Waals surface area contributed by atoms with Gasteiger partial charge < -0.3 is 0 Å². The molecular weight excluding hydrogens is 180 g/mol. The Labute approximate surface area is 95.1 Å². The second-order valence-electron chi connectivity index (χ2n) is 5.74. The summed E-state index contributed by atoms with van der Waals surface area (Å²) < 4.78 is 0. The lowest BCUT2D eigenvalue weighted by atomic mass is 9.64. The van der Waals surface area contributed by atoms with Crippen LogP contribution in [0.5, 0.6) is 0 Å². The third-order valence-electron chi connectivity index (χ3n) is 4.48. The van der Waals surface area contributed by atoms with Crippen molar-refractivity contribution in [2.24, 2.45) is 17.8 Å². The van der Waals surface area contributed by atoms with Crippen molar-refractivity contribution in [3.05, 3.63) is 11.6 Å². The minimum absolute atomic E-state index is 0.974. The third kappa shape index (κ3) is 2.65. The Bertz CT molecular complexity index is 226. The van der Waals surface area contributed by atoms with Gasteiger partial charge in [-0.05, 0) is 62.7 Å². The van der Waals surface area contributed by atoms with Crippen LogP contribution >= 0.6 is 0 Å². The molecule has 0 amide bonds. The highest BCUT2D eigenvalue weighted by Gasteiger charge is 2.34. The molecule has 0 heterocycles. The summed E-state index contributed by atoms with van der Waals surface area (Å²) in [6.45, 7) is 4.75. The summed E-state index contributed by atoms with van der Waals surface area (Å²) >= 11 is 0. The van der Waals surface area contributed by atoms with Gasteiger partial charge in [0.2, 0.25) is 0 Å². The first kappa shape index (κ1) is 11.2. The summed E-state index contributed by atoms with van der Waals surface area (Å²) in [7, 11) is 0. The van der Waals surface area contributed by atoms with Gasteiger partial charge in [-0.25, -0.2) is 0 Å². The summed E-state index contributed by atoms with van der Waals surface area (Å²) in [5, 5.41) is 0. The fourth-order valence-electron chi connectivity index (χ4n) is 3.35. The maximum Gasteiger partial charge on any atom is -0.0175 e. The van der Waals surface area contributed by atoms with Crippen molar-refractivity contribution < 1.29 is 0 Å². The van der Waals surface area contributed by atoms with Gasteiger partial charge in [-0.15, -0.1) is 0 Å². The zero-order chi connectivity index (χ0) is 10.7. The van der Waals surface area contributed by atoms with Gasteiger partial charge >= 0.3 is 0 Å². The van der Waals surface area contributed by atoms with Crippen molar-refractivity contribution in [3.63, 3.8) is 0 Å². The van der Waals surface area contributed by atoms with Crippen LogP contribution < -0.4 is 0 Å². The first-order chi connectivity index (χ1) is 7.31. The van der Waals surface area contributed by atoms with Crippen molar-refractivity contribution >= 4 is 0 Å². The lowest BCUT2D eigenvalue weighted by Gasteiger charge is -2.41. The Morgan fingerprint density at radius 2 is 2.13 bits per heavy atom. The maximum absolute atomic E-state index is 2.60. The van der Waals surface area contributed by atoms with Crippen molar-refractivity contribution in [1.29, 1.82) is 0 Å². The van der Waals surface area contributed by atoms with Gasteiger partial charge in [0, 0.05) is 0 Å². The van der Waals surface area contributed by atoms with E-state index in [1.54, 1.807) is 0 Å². The van der Waals surface area contributed by atoms with Gasteiger partial charge in [-0.2, -0.15) is 0 Å². The van der Waals surface area contributed by atoms with E-state index in [-0.39, 0.29) is 0 Å². The standard InChI is InChI=1S/C15H26/c1-3-4-7-13-8-5-6-12(2)11-14-9-10-15(13)14/h8,12,14-15H,3-7,9-11H2,1-2H3. The minimum atomic E-state index is 0.974. The summed E-state index contributed by atoms with van der Waals surface area (Å²) in [6, 6.07) is 0. The largest absolute Gasteiger partial charge is 0.0850 e. The average molecular weight is 206 g/mol. The zero-order valence-electron chi connectivity index (χ0n) is 10.5. The molecule has 0 aliphatic heterocycles. The molecule has 1 fully saturated rings. The number of unbranched alkanes of at least 4 members (excludes halogenated alkanes) is 1. The molecule has 0 N–H and O–H groups in total. The van der Waals surface area contributed by atoms with Crippen molar-refractivity contribution in [3.8, 4) is 0 Å². The fraction of sp³-hybridized carbons (Fsp3) is 0.867. The Balaban J connectivity index is 1.97. The topological polar surface area (TPSA) is 0 Å². The molecule has 0 heteroatoms. The quantitative estimate of drug-likeness (QED) is 0.573. The molecule has 0 spiro atoms. The molecule has 0 aromatic carbocycles. The second kappa shape index (κ2) is 5.18. The summed E-state index contributed by atoms with van der Waals surface area (Å²) in [6.07, 6.45) is 14.0. The first-order valence-corrected chi connectivity index (χ1v) is 7.00. The molecule has 0 radical (unpaired) electrons. The van der Waals surface area contributed by atoms with Crippen LogP contribution in [0, 0.1) is 17.8 Å². The fourth-order valence-corrected chi connectivity index (χ4v) is 3.35. The number of fused-ring (bicyclic) bond motifs is 1. The van der Waals surface area contributed by atoms with E-state index in [9.17, 15) is 0 Å². The van der Waals surface area contributed by atoms with Crippen LogP contribution in [0.15, 0.2) is 11.6 Å². The molecule has 2 aliphatic rings. The van der Waals surface area contributed by atoms with Crippen LogP contribution in [0.3, 0.4) is 0 Å². The van der Waals surface area contributed by atoms with Crippen LogP contribution in [0.1, 0.15) is 65.2 Å². The molecule has 2 rings (SSSR count). The van der Waals surface area contributed by atoms with E-state index in [0.717, 1.165) is 17.8 Å². The lowest BCUT2D eigenvalue weighted by molar-refractivity contribution is 0.163. The normalized spacial score (nSPS) is 35.9. The summed E-state index contributed by atoms with van der Waals surface area (Å²) in [5.41, 5.74) is 1.83. The summed E-state index contributed by atoms with van der Waals surface area (Å²) in [5.74, 6) is 3.03. The van der Waals surface area contributed by atoms with E-state index in [2.05, 4.69) is 19.9 Å². The predicted octanol–water partition coefficient (Wildman–Crippen LogP) is 4.95. The zero-order valence-corrected chi connectivity index (χ0v) is 10.5. The second-order valence-corrected chi connectivity index (χ2v) is 5.74. The Morgan fingerprint density at radius 3 is 2.80 bits per heavy atom. The molecular formula is C15H26. The smallest absolute Gasteiger partial charge is 0.0175 e. The van der Waals surface area contributed by atoms with Crippen molar-refractivity contribution in [2.45, 2.75) is 65.2 Å². The molecule has 3 unspecified atom stereocenters. The molecule has 1 saturated carbocycles. The minimum Gasteiger partial charge on any atom is -0.0850 e. The van der Waals surface area contributed by atoms with Gasteiger partial charge in [0.1, 0.15) is 0 Å². The maximum atomic E-state index is 2.60. The van der Waals surface area contributed by atoms with E-state index in [1.807, 2.05) is 5.57 Å². The Morgan fingerprint density at radius 1 is 1.27 bits per heavy atom. The molecule has 3 atom stereocenters. The Hall–Kier alpha value is -0.260. The van der Waals surface area contributed by atoms with Gasteiger partial charge in [0.25, 0.3) is 0 Å². The number of hydrogen-bond acceptors (Lipinski definition) is 0. The molecule has 0 saturated heterocycles. The van der Waals surface area contributed by atoms with Gasteiger partial charge in [0.05, 0.1) is 0 Å². The van der Waals surface area contributed by atoms with Gasteiger partial charge in [-0.3, -0.25) is 0 Å². The van der Waals surface area contributed by atoms with Crippen LogP contribution in [-0.2, 0) is 0 Å². The molecule has 86 valence electrons. The van der Waals surface area contributed by atoms with Crippen LogP contribution in [-0.4, -0.2) is 0 Å². The van der Waals surface area contributed by atoms with Gasteiger partial charge in [-0.1, -0.05) is 31.9 Å². The predicted molar refractivity (Wildman–Crippen MR) is 66.8 cm³/mol. The SMILES string of the molecule is CCCCC1=CCCC(C)CC2CCC12. The van der Waals surface area contributed by atoms with Gasteiger partial charge in [0.15, 0.2) is 0 Å². The number of hydrogen-bond donors (Lipinski definition) is 0. The molecule has 0 nitrogen and oxygen atoms in total. The van der Waals surface area contributed by atoms with E-state index in [4.69, 9.17) is 0 Å². The van der Waals surface area contributed by atoms with E-state index < -0.39 is 0 Å². The molecule has 2 aliphatic carbocycles. The van der Waals surface area contributed by atoms with Crippen LogP contribution in [0.2, 0.25) is 0 Å². The monoisotopic (exact) mass is 206 g/mol. The number of allylic oxidation sites excluding steroid dienone is 2. The van der Waals surface area contributed by atoms with E-state index in [0.29, 0.717) is 0 Å². The third-order valence-corrected chi connectivity index (χ3v) is 4.48. The number of rotatable bonds is 3. The highest BCUT2D eigenvalue weighted by molar-refractivity contribution is 5.13. The van der Waals surface area contributed by atoms with E-state index in [1.165, 1.54) is 51.4 Å². The van der Waals surface area contributed by atoms with Crippen LogP contribution in [0.4, 0.5) is 0 Å². The first-order valence-electron chi connectivity index (χ1n) is 7.00. The lowest BCUT2D eigenvalue weighted by Crippen LogP contribution is -2.30. The summed E-state index contributed by atoms with van der Waals surface area (Å²) in [4.78, 5) is 0. The molecule has 0 aromatic rings. The van der Waals surface area contributed by atoms with Crippen LogP contribution in [0.25, 0.3) is 0 Å². The average Bonchev–Trinajstić information content (AvgIpc) is 2.19.